The van der Waals surface area contributed by atoms with Gasteiger partial charge in [-0.05, 0) is 70.1 Å². The van der Waals surface area contributed by atoms with Gasteiger partial charge in [0.1, 0.15) is 52.6 Å². The third kappa shape index (κ3) is 18.5. The zero-order chi connectivity index (χ0) is 58.8. The van der Waals surface area contributed by atoms with Crippen LogP contribution in [-0.4, -0.2) is 195 Å². The molecule has 0 radical (unpaired) electrons. The van der Waals surface area contributed by atoms with Crippen molar-refractivity contribution in [1.29, 1.82) is 0 Å². The molecule has 80 heavy (non-hydrogen) atoms. The highest BCUT2D eigenvalue weighted by Gasteiger charge is 2.45. The maximum absolute atomic E-state index is 15.1. The molecule has 28 heteroatoms. The Morgan fingerprint density at radius 1 is 0.850 bits per heavy atom. The van der Waals surface area contributed by atoms with E-state index >= 15 is 4.21 Å². The Hall–Kier alpha value is -6.46. The van der Waals surface area contributed by atoms with Crippen LogP contribution in [0.15, 0.2) is 23.2 Å². The number of nitrogens with zero attached hydrogens (tertiary/aromatic N) is 1. The number of aromatic nitrogens is 1. The number of ether oxygens (including phenoxy) is 3. The highest BCUT2D eigenvalue weighted by Crippen LogP contribution is 2.31. The Morgan fingerprint density at radius 3 is 2.24 bits per heavy atom. The molecule has 2 bridgehead atoms. The number of aliphatic hydroxyl groups is 3. The van der Waals surface area contributed by atoms with Gasteiger partial charge in [-0.2, -0.15) is 0 Å². The molecule has 446 valence electrons. The van der Waals surface area contributed by atoms with Crippen molar-refractivity contribution in [2.24, 2.45) is 17.6 Å². The van der Waals surface area contributed by atoms with Crippen molar-refractivity contribution < 1.29 is 76.9 Å². The first kappa shape index (κ1) is 64.4. The number of benzene rings is 1. The average Bonchev–Trinajstić information content (AvgIpc) is 4.01. The van der Waals surface area contributed by atoms with E-state index in [0.29, 0.717) is 42.5 Å². The van der Waals surface area contributed by atoms with Gasteiger partial charge < -0.3 is 87.7 Å². The van der Waals surface area contributed by atoms with Crippen LogP contribution in [0.25, 0.3) is 10.9 Å². The second-order valence-electron chi connectivity index (χ2n) is 21.4. The summed E-state index contributed by atoms with van der Waals surface area (Å²) < 4.78 is 31.8. The first-order valence-corrected chi connectivity index (χ1v) is 28.5. The Morgan fingerprint density at radius 2 is 1.55 bits per heavy atom. The molecule has 27 nitrogen and oxygen atoms in total. The first-order valence-electron chi connectivity index (χ1n) is 27.2. The highest BCUT2D eigenvalue weighted by atomic mass is 32.2. The van der Waals surface area contributed by atoms with E-state index in [0.717, 1.165) is 17.7 Å². The van der Waals surface area contributed by atoms with Gasteiger partial charge in [-0.1, -0.05) is 40.0 Å². The number of amides is 9. The zero-order valence-corrected chi connectivity index (χ0v) is 47.1. The molecular weight excluding hydrogens is 1070 g/mol. The molecule has 1 aromatic carbocycles. The van der Waals surface area contributed by atoms with E-state index in [-0.39, 0.29) is 49.8 Å². The summed E-state index contributed by atoms with van der Waals surface area (Å²) in [6, 6.07) is -4.43. The minimum atomic E-state index is -2.33. The van der Waals surface area contributed by atoms with Crippen LogP contribution in [-0.2, 0) is 65.1 Å². The first-order chi connectivity index (χ1) is 37.9. The number of rotatable bonds is 18. The molecule has 3 aliphatic rings. The monoisotopic (exact) mass is 1150 g/mol. The van der Waals surface area contributed by atoms with Gasteiger partial charge in [0, 0.05) is 49.9 Å². The zero-order valence-electron chi connectivity index (χ0n) is 46.3. The molecule has 14 N–H and O–H groups in total. The van der Waals surface area contributed by atoms with Gasteiger partial charge >= 0.3 is 6.09 Å². The lowest BCUT2D eigenvalue weighted by Gasteiger charge is -2.33. The van der Waals surface area contributed by atoms with Crippen molar-refractivity contribution in [1.82, 2.24) is 52.4 Å². The Kier molecular flexibility index (Phi) is 24.4. The summed E-state index contributed by atoms with van der Waals surface area (Å²) in [6.45, 7) is 7.97. The van der Waals surface area contributed by atoms with Crippen LogP contribution < -0.4 is 53.0 Å². The topological polar surface area (TPSA) is 400 Å². The maximum atomic E-state index is 15.1. The number of nitrogens with two attached hydrogens (primary N) is 1. The molecule has 0 saturated carbocycles. The molecule has 3 aliphatic heterocycles. The Balaban J connectivity index is 1.62. The van der Waals surface area contributed by atoms with Gasteiger partial charge in [-0.3, -0.25) is 42.6 Å². The molecule has 5 rings (SSSR count). The van der Waals surface area contributed by atoms with Gasteiger partial charge in [0.15, 0.2) is 0 Å². The number of aromatic amines is 1. The standard InChI is InChI=1S/C52H81N11O16S/c1-7-28(2)42-47(72)56-22-40(67)57-37-26-80(76)49-33(32-15-14-31(20-35(32)60-49)78-18-11-9-8-10-16-54-51(75)79-52(4,5)6)21-36(44(69)55-23-41(68)61-42)59-48(73)43(29(3)39(66)25-64)62-46(71)38-19-30(65)24-63(38)50(74)34(58-45(37)70)13-12-17-77-27-53/h14-15,20,28-30,34,36-39,42-43,60,64-66H,7-13,16-19,21-27,53H2,1-6H3,(H,54,75)(H,55,69)(H,56,72)(H,57,67)(H,58,70)(H,59,73)(H,61,68)(H,62,71)/t28-,29-,30+,34-,36?,37?,38-,39-,42-,43-,80?/m0/s1. The number of hydrogen-bond acceptors (Lipinski definition) is 17. The molecule has 1 fully saturated rings. The SMILES string of the molecule is CC[C@H](C)[C@@H]1NC(=O)CNC(=O)C2Cc3c([nH]c4cc(OCCCCCCNC(=O)OC(C)(C)C)ccc34)S(=O)CC(NC(=O)CNC1=O)C(=O)N[C@@H](CCCOCN)C(=O)N1C[C@H](O)C[C@H]1C(=O)N[C@@H]([C@@H](C)[C@@H](O)CO)C(=O)N2. The van der Waals surface area contributed by atoms with Crippen LogP contribution >= 0.6 is 0 Å². The fraction of sp³-hybridized carbons (Fsp3) is 0.673. The Bertz CT molecular complexity index is 2540. The van der Waals surface area contributed by atoms with Crippen LogP contribution in [0.2, 0.25) is 0 Å². The third-order valence-corrected chi connectivity index (χ3v) is 15.5. The largest absolute Gasteiger partial charge is 0.494 e. The van der Waals surface area contributed by atoms with Crippen molar-refractivity contribution in [3.05, 3.63) is 23.8 Å². The van der Waals surface area contributed by atoms with Crippen molar-refractivity contribution in [2.45, 2.75) is 158 Å². The summed E-state index contributed by atoms with van der Waals surface area (Å²) in [6.07, 6.45) is -0.939. The number of unbranched alkanes of at least 4 members (excludes halogenated alkanes) is 3. The molecule has 2 aromatic rings. The number of alkyl carbamates (subject to hydrolysis) is 1. The van der Waals surface area contributed by atoms with Crippen molar-refractivity contribution in [2.75, 3.05) is 58.5 Å². The molecule has 0 spiro atoms. The van der Waals surface area contributed by atoms with E-state index in [4.69, 9.17) is 19.9 Å². The number of fused-ring (bicyclic) bond motifs is 5. The smallest absolute Gasteiger partial charge is 0.407 e. The van der Waals surface area contributed by atoms with E-state index in [1.807, 2.05) is 0 Å². The maximum Gasteiger partial charge on any atom is 0.407 e. The summed E-state index contributed by atoms with van der Waals surface area (Å²) >= 11 is 0. The van der Waals surface area contributed by atoms with Crippen molar-refractivity contribution >= 4 is 75.1 Å². The molecule has 3 unspecified atom stereocenters. The molecule has 4 heterocycles. The van der Waals surface area contributed by atoms with Gasteiger partial charge in [0.25, 0.3) is 0 Å². The second kappa shape index (κ2) is 30.4. The highest BCUT2D eigenvalue weighted by molar-refractivity contribution is 7.85. The number of carbonyl (C=O) groups is 9. The fourth-order valence-electron chi connectivity index (χ4n) is 9.39. The summed E-state index contributed by atoms with van der Waals surface area (Å²) in [5.74, 6) is -9.49. The normalized spacial score (nSPS) is 25.3. The van der Waals surface area contributed by atoms with Crippen LogP contribution in [0.5, 0.6) is 5.75 Å². The minimum absolute atomic E-state index is 0.0259. The van der Waals surface area contributed by atoms with E-state index < -0.39 is 168 Å². The Labute approximate surface area is 466 Å². The lowest BCUT2D eigenvalue weighted by atomic mass is 9.93. The number of aliphatic hydroxyl groups excluding tert-OH is 3. The number of carbonyl (C=O) groups excluding carboxylic acids is 9. The van der Waals surface area contributed by atoms with Crippen LogP contribution in [0.4, 0.5) is 4.79 Å². The summed E-state index contributed by atoms with van der Waals surface area (Å²) in [5.41, 5.74) is 5.42. The second-order valence-corrected chi connectivity index (χ2v) is 22.8. The van der Waals surface area contributed by atoms with Gasteiger partial charge in [-0.25, -0.2) is 4.79 Å². The molecular formula is C52H81N11O16S. The number of nitrogens with one attached hydrogen (secondary N) is 9. The summed E-state index contributed by atoms with van der Waals surface area (Å²) in [4.78, 5) is 130. The molecule has 11 atom stereocenters. The van der Waals surface area contributed by atoms with E-state index in [1.165, 1.54) is 6.92 Å². The van der Waals surface area contributed by atoms with E-state index in [2.05, 4.69) is 47.5 Å². The summed E-state index contributed by atoms with van der Waals surface area (Å²) in [7, 11) is -2.33. The van der Waals surface area contributed by atoms with E-state index in [1.54, 1.807) is 52.8 Å². The predicted molar refractivity (Wildman–Crippen MR) is 289 cm³/mol. The molecule has 9 amide bonds. The summed E-state index contributed by atoms with van der Waals surface area (Å²) in [5, 5.41) is 52.9. The van der Waals surface area contributed by atoms with Crippen LogP contribution in [0.1, 0.15) is 98.5 Å². The van der Waals surface area contributed by atoms with Crippen molar-refractivity contribution in [3.8, 4) is 5.75 Å². The number of H-pyrrole nitrogens is 1. The minimum Gasteiger partial charge on any atom is -0.494 e. The average molecular weight is 1150 g/mol. The molecule has 1 aromatic heterocycles. The third-order valence-electron chi connectivity index (χ3n) is 14.0. The van der Waals surface area contributed by atoms with E-state index in [9.17, 15) is 58.5 Å². The van der Waals surface area contributed by atoms with Gasteiger partial charge in [0.05, 0.1) is 67.3 Å². The molecule has 0 aliphatic carbocycles. The van der Waals surface area contributed by atoms with Crippen molar-refractivity contribution in [3.63, 3.8) is 0 Å². The number of hydrogen-bond donors (Lipinski definition) is 13. The quantitative estimate of drug-likeness (QED) is 0.0550. The van der Waals surface area contributed by atoms with Crippen LogP contribution in [0.3, 0.4) is 0 Å². The van der Waals surface area contributed by atoms with Gasteiger partial charge in [-0.15, -0.1) is 0 Å². The molecule has 1 saturated heterocycles. The van der Waals surface area contributed by atoms with Crippen LogP contribution in [0, 0.1) is 11.8 Å². The lowest BCUT2D eigenvalue weighted by Crippen LogP contribution is -2.62. The van der Waals surface area contributed by atoms with Gasteiger partial charge in [0.2, 0.25) is 47.3 Å². The fourth-order valence-corrected chi connectivity index (χ4v) is 10.8. The predicted octanol–water partition coefficient (Wildman–Crippen LogP) is -2.32. The lowest BCUT2D eigenvalue weighted by molar-refractivity contribution is -0.143.